The molecule has 0 spiro atoms. The number of aromatic nitrogens is 2. The number of hydrogen-bond donors (Lipinski definition) is 0. The van der Waals surface area contributed by atoms with E-state index in [-0.39, 0.29) is 5.69 Å². The Hall–Kier alpha value is -0.970. The number of nitrogens with zero attached hydrogens (tertiary/aromatic N) is 2. The lowest BCUT2D eigenvalue weighted by atomic mass is 10.3. The first-order valence-electron chi connectivity index (χ1n) is 3.99. The van der Waals surface area contributed by atoms with Gasteiger partial charge in [0.15, 0.2) is 0 Å². The second-order valence-corrected chi connectivity index (χ2v) is 3.81. The molecule has 0 aliphatic heterocycles. The van der Waals surface area contributed by atoms with Crippen LogP contribution >= 0.6 is 15.9 Å². The van der Waals surface area contributed by atoms with Crippen molar-refractivity contribution in [1.82, 2.24) is 9.55 Å². The largest absolute Gasteiger partial charge is 0.328 e. The summed E-state index contributed by atoms with van der Waals surface area (Å²) in [6, 6.07) is 3.19. The molecule has 0 bridgehead atoms. The second-order valence-electron chi connectivity index (χ2n) is 2.96. The van der Waals surface area contributed by atoms with Crippen molar-refractivity contribution >= 4 is 27.0 Å². The summed E-state index contributed by atoms with van der Waals surface area (Å²) in [6.45, 7) is 0. The second kappa shape index (κ2) is 3.31. The Morgan fingerprint density at radius 1 is 1.50 bits per heavy atom. The van der Waals surface area contributed by atoms with Gasteiger partial charge in [0.1, 0.15) is 5.65 Å². The number of aryl methyl sites for hydroxylation is 1. The first-order chi connectivity index (χ1) is 6.61. The van der Waals surface area contributed by atoms with Gasteiger partial charge >= 0.3 is 0 Å². The van der Waals surface area contributed by atoms with E-state index in [4.69, 9.17) is 0 Å². The van der Waals surface area contributed by atoms with Crippen LogP contribution in [0.2, 0.25) is 0 Å². The highest BCUT2D eigenvalue weighted by Crippen LogP contribution is 2.29. The van der Waals surface area contributed by atoms with Gasteiger partial charge in [0.25, 0.3) is 6.43 Å². The number of halogens is 3. The summed E-state index contributed by atoms with van der Waals surface area (Å²) in [4.78, 5) is 4.04. The SMILES string of the molecule is Cn1c(C(F)F)cc2c(Br)ccnc21. The first-order valence-corrected chi connectivity index (χ1v) is 4.78. The van der Waals surface area contributed by atoms with Crippen molar-refractivity contribution in [3.05, 3.63) is 28.5 Å². The van der Waals surface area contributed by atoms with Crippen LogP contribution in [0.5, 0.6) is 0 Å². The lowest BCUT2D eigenvalue weighted by Crippen LogP contribution is -1.96. The maximum absolute atomic E-state index is 12.5. The zero-order chi connectivity index (χ0) is 10.3. The molecule has 0 amide bonds. The molecule has 5 heteroatoms. The van der Waals surface area contributed by atoms with E-state index in [0.717, 1.165) is 4.47 Å². The van der Waals surface area contributed by atoms with Crippen LogP contribution in [-0.2, 0) is 7.05 Å². The molecule has 0 aromatic carbocycles. The Labute approximate surface area is 87.7 Å². The molecule has 0 unspecified atom stereocenters. The smallest absolute Gasteiger partial charge is 0.278 e. The van der Waals surface area contributed by atoms with Gasteiger partial charge in [0, 0.05) is 23.1 Å². The van der Waals surface area contributed by atoms with Gasteiger partial charge < -0.3 is 4.57 Å². The number of pyridine rings is 1. The van der Waals surface area contributed by atoms with Crippen molar-refractivity contribution in [3.63, 3.8) is 0 Å². The number of rotatable bonds is 1. The Kier molecular flexibility index (Phi) is 2.26. The molecule has 2 rings (SSSR count). The predicted molar refractivity (Wildman–Crippen MR) is 53.4 cm³/mol. The molecule has 0 saturated carbocycles. The number of fused-ring (bicyclic) bond motifs is 1. The van der Waals surface area contributed by atoms with E-state index in [9.17, 15) is 8.78 Å². The highest BCUT2D eigenvalue weighted by molar-refractivity contribution is 9.10. The molecule has 2 aromatic heterocycles. The molecule has 0 aliphatic carbocycles. The molecule has 0 fully saturated rings. The van der Waals surface area contributed by atoms with Gasteiger partial charge in [-0.15, -0.1) is 0 Å². The molecule has 74 valence electrons. The summed E-state index contributed by atoms with van der Waals surface area (Å²) < 4.78 is 27.3. The fourth-order valence-electron chi connectivity index (χ4n) is 1.42. The van der Waals surface area contributed by atoms with E-state index in [2.05, 4.69) is 20.9 Å². The monoisotopic (exact) mass is 260 g/mol. The molecule has 2 heterocycles. The third-order valence-corrected chi connectivity index (χ3v) is 2.83. The summed E-state index contributed by atoms with van der Waals surface area (Å²) in [5.41, 5.74) is 0.550. The minimum absolute atomic E-state index is 0.0144. The van der Waals surface area contributed by atoms with Crippen molar-refractivity contribution in [2.75, 3.05) is 0 Å². The third-order valence-electron chi connectivity index (χ3n) is 2.14. The predicted octanol–water partition coefficient (Wildman–Crippen LogP) is 3.27. The van der Waals surface area contributed by atoms with Crippen LogP contribution in [0, 0.1) is 0 Å². The summed E-state index contributed by atoms with van der Waals surface area (Å²) in [5, 5.41) is 0.713. The van der Waals surface area contributed by atoms with Crippen LogP contribution in [-0.4, -0.2) is 9.55 Å². The Morgan fingerprint density at radius 2 is 2.21 bits per heavy atom. The van der Waals surface area contributed by atoms with Gasteiger partial charge in [-0.3, -0.25) is 0 Å². The van der Waals surface area contributed by atoms with Gasteiger partial charge in [0.2, 0.25) is 0 Å². The van der Waals surface area contributed by atoms with Crippen molar-refractivity contribution in [3.8, 4) is 0 Å². The van der Waals surface area contributed by atoms with Crippen LogP contribution in [0.3, 0.4) is 0 Å². The summed E-state index contributed by atoms with van der Waals surface area (Å²) in [6.07, 6.45) is -0.886. The minimum Gasteiger partial charge on any atom is -0.328 e. The maximum atomic E-state index is 12.5. The molecule has 0 radical (unpaired) electrons. The summed E-state index contributed by atoms with van der Waals surface area (Å²) in [7, 11) is 1.59. The van der Waals surface area contributed by atoms with Crippen LogP contribution in [0.4, 0.5) is 8.78 Å². The fourth-order valence-corrected chi connectivity index (χ4v) is 1.83. The van der Waals surface area contributed by atoms with E-state index in [1.54, 1.807) is 19.3 Å². The third kappa shape index (κ3) is 1.32. The molecule has 14 heavy (non-hydrogen) atoms. The molecular weight excluding hydrogens is 254 g/mol. The number of alkyl halides is 2. The van der Waals surface area contributed by atoms with E-state index < -0.39 is 6.43 Å². The minimum atomic E-state index is -2.47. The van der Waals surface area contributed by atoms with E-state index in [1.165, 1.54) is 10.6 Å². The van der Waals surface area contributed by atoms with Crippen LogP contribution < -0.4 is 0 Å². The Morgan fingerprint density at radius 3 is 2.79 bits per heavy atom. The molecular formula is C9H7BrF2N2. The highest BCUT2D eigenvalue weighted by Gasteiger charge is 2.16. The average molecular weight is 261 g/mol. The van der Waals surface area contributed by atoms with Crippen LogP contribution in [0.15, 0.2) is 22.8 Å². The zero-order valence-electron chi connectivity index (χ0n) is 7.34. The van der Waals surface area contributed by atoms with Crippen LogP contribution in [0.1, 0.15) is 12.1 Å². The van der Waals surface area contributed by atoms with Crippen molar-refractivity contribution in [1.29, 1.82) is 0 Å². The maximum Gasteiger partial charge on any atom is 0.278 e. The molecule has 0 N–H and O–H groups in total. The molecule has 2 nitrogen and oxygen atoms in total. The molecule has 0 atom stereocenters. The van der Waals surface area contributed by atoms with Crippen molar-refractivity contribution in [2.45, 2.75) is 6.43 Å². The van der Waals surface area contributed by atoms with E-state index in [1.807, 2.05) is 0 Å². The number of hydrogen-bond acceptors (Lipinski definition) is 1. The van der Waals surface area contributed by atoms with E-state index >= 15 is 0 Å². The topological polar surface area (TPSA) is 17.8 Å². The van der Waals surface area contributed by atoms with Gasteiger partial charge in [-0.1, -0.05) is 0 Å². The Balaban J connectivity index is 2.80. The fraction of sp³-hybridized carbons (Fsp3) is 0.222. The van der Waals surface area contributed by atoms with Crippen LogP contribution in [0.25, 0.3) is 11.0 Å². The quantitative estimate of drug-likeness (QED) is 0.770. The lowest BCUT2D eigenvalue weighted by molar-refractivity contribution is 0.143. The van der Waals surface area contributed by atoms with Gasteiger partial charge in [0.05, 0.1) is 5.69 Å². The van der Waals surface area contributed by atoms with Gasteiger partial charge in [-0.05, 0) is 28.1 Å². The Bertz CT molecular complexity index is 479. The van der Waals surface area contributed by atoms with E-state index in [0.29, 0.717) is 11.0 Å². The standard InChI is InChI=1S/C9H7BrF2N2/c1-14-7(8(11)12)4-5-6(10)2-3-13-9(5)14/h2-4,8H,1H3. The molecule has 0 aliphatic rings. The average Bonchev–Trinajstić information content (AvgIpc) is 2.46. The first kappa shape index (κ1) is 9.58. The normalized spacial score (nSPS) is 11.5. The molecule has 2 aromatic rings. The molecule has 0 saturated heterocycles. The summed E-state index contributed by atoms with van der Waals surface area (Å²) in [5.74, 6) is 0. The zero-order valence-corrected chi connectivity index (χ0v) is 8.92. The highest BCUT2D eigenvalue weighted by atomic mass is 79.9. The lowest BCUT2D eigenvalue weighted by Gasteiger charge is -2.00. The van der Waals surface area contributed by atoms with Crippen molar-refractivity contribution < 1.29 is 8.78 Å². The summed E-state index contributed by atoms with van der Waals surface area (Å²) >= 11 is 3.30. The van der Waals surface area contributed by atoms with Crippen molar-refractivity contribution in [2.24, 2.45) is 7.05 Å². The van der Waals surface area contributed by atoms with Gasteiger partial charge in [-0.2, -0.15) is 0 Å². The van der Waals surface area contributed by atoms with Gasteiger partial charge in [-0.25, -0.2) is 13.8 Å².